The van der Waals surface area contributed by atoms with Crippen molar-refractivity contribution in [2.75, 3.05) is 25.0 Å². The van der Waals surface area contributed by atoms with Crippen LogP contribution in [0, 0.1) is 0 Å². The lowest BCUT2D eigenvalue weighted by Crippen LogP contribution is -2.35. The number of ether oxygens (including phenoxy) is 1. The molecule has 1 aliphatic heterocycles. The van der Waals surface area contributed by atoms with E-state index in [1.165, 1.54) is 6.42 Å². The van der Waals surface area contributed by atoms with E-state index >= 15 is 0 Å². The standard InChI is InChI=1S/C22H25BrN2O3/c1-2-14-28-20-11-8-17(23)15-19(20)21(26)24-18-9-6-16(7-10-18)22(27)25-12-4-3-5-13-25/h6-11,15H,2-5,12-14H2,1H3,(H,24,26). The number of carbonyl (C=O) groups is 2. The molecule has 28 heavy (non-hydrogen) atoms. The predicted molar refractivity (Wildman–Crippen MR) is 114 cm³/mol. The molecule has 148 valence electrons. The topological polar surface area (TPSA) is 58.6 Å². The van der Waals surface area contributed by atoms with Gasteiger partial charge in [0.2, 0.25) is 0 Å². The molecular weight excluding hydrogens is 420 g/mol. The van der Waals surface area contributed by atoms with E-state index in [4.69, 9.17) is 4.74 Å². The lowest BCUT2D eigenvalue weighted by atomic mass is 10.1. The third-order valence-electron chi connectivity index (χ3n) is 4.68. The summed E-state index contributed by atoms with van der Waals surface area (Å²) in [6.45, 7) is 4.21. The molecule has 1 saturated heterocycles. The van der Waals surface area contributed by atoms with Gasteiger partial charge < -0.3 is 15.0 Å². The van der Waals surface area contributed by atoms with E-state index in [0.717, 1.165) is 36.8 Å². The Morgan fingerprint density at radius 1 is 1.07 bits per heavy atom. The minimum atomic E-state index is -0.248. The molecule has 0 unspecified atom stereocenters. The van der Waals surface area contributed by atoms with Crippen LogP contribution in [0.15, 0.2) is 46.9 Å². The van der Waals surface area contributed by atoms with Crippen LogP contribution in [-0.2, 0) is 0 Å². The van der Waals surface area contributed by atoms with Gasteiger partial charge in [-0.25, -0.2) is 0 Å². The average Bonchev–Trinajstić information content (AvgIpc) is 2.73. The van der Waals surface area contributed by atoms with Gasteiger partial charge in [0, 0.05) is 28.8 Å². The Morgan fingerprint density at radius 3 is 2.46 bits per heavy atom. The van der Waals surface area contributed by atoms with E-state index in [0.29, 0.717) is 29.2 Å². The lowest BCUT2D eigenvalue weighted by molar-refractivity contribution is 0.0724. The number of rotatable bonds is 6. The first kappa shape index (κ1) is 20.4. The molecular formula is C22H25BrN2O3. The van der Waals surface area contributed by atoms with Gasteiger partial charge in [0.15, 0.2) is 0 Å². The number of likely N-dealkylation sites (tertiary alicyclic amines) is 1. The lowest BCUT2D eigenvalue weighted by Gasteiger charge is -2.26. The fraction of sp³-hybridized carbons (Fsp3) is 0.364. The van der Waals surface area contributed by atoms with Crippen molar-refractivity contribution < 1.29 is 14.3 Å². The van der Waals surface area contributed by atoms with E-state index < -0.39 is 0 Å². The summed E-state index contributed by atoms with van der Waals surface area (Å²) in [4.78, 5) is 27.2. The van der Waals surface area contributed by atoms with E-state index in [-0.39, 0.29) is 11.8 Å². The number of piperidine rings is 1. The molecule has 0 atom stereocenters. The van der Waals surface area contributed by atoms with Crippen LogP contribution in [0.4, 0.5) is 5.69 Å². The van der Waals surface area contributed by atoms with Crippen molar-refractivity contribution in [1.29, 1.82) is 0 Å². The average molecular weight is 445 g/mol. The van der Waals surface area contributed by atoms with Gasteiger partial charge in [-0.15, -0.1) is 0 Å². The Kier molecular flexibility index (Phi) is 7.09. The molecule has 6 heteroatoms. The molecule has 0 radical (unpaired) electrons. The molecule has 3 rings (SSSR count). The number of nitrogens with zero attached hydrogens (tertiary/aromatic N) is 1. The molecule has 0 saturated carbocycles. The van der Waals surface area contributed by atoms with Crippen molar-refractivity contribution in [3.05, 3.63) is 58.1 Å². The summed E-state index contributed by atoms with van der Waals surface area (Å²) >= 11 is 3.40. The predicted octanol–water partition coefficient (Wildman–Crippen LogP) is 5.12. The minimum Gasteiger partial charge on any atom is -0.493 e. The fourth-order valence-electron chi connectivity index (χ4n) is 3.19. The molecule has 2 amide bonds. The molecule has 1 heterocycles. The van der Waals surface area contributed by atoms with Crippen LogP contribution in [0.5, 0.6) is 5.75 Å². The molecule has 0 spiro atoms. The highest BCUT2D eigenvalue weighted by Crippen LogP contribution is 2.25. The van der Waals surface area contributed by atoms with Crippen LogP contribution in [0.1, 0.15) is 53.3 Å². The van der Waals surface area contributed by atoms with E-state index in [1.54, 1.807) is 36.4 Å². The SMILES string of the molecule is CCCOc1ccc(Br)cc1C(=O)Nc1ccc(C(=O)N2CCCCC2)cc1. The van der Waals surface area contributed by atoms with Crippen molar-refractivity contribution in [3.8, 4) is 5.75 Å². The molecule has 1 aliphatic rings. The zero-order valence-corrected chi connectivity index (χ0v) is 17.6. The van der Waals surface area contributed by atoms with Gasteiger partial charge in [-0.05, 0) is 68.1 Å². The summed E-state index contributed by atoms with van der Waals surface area (Å²) in [5.74, 6) is 0.363. The molecule has 1 N–H and O–H groups in total. The normalized spacial score (nSPS) is 13.9. The Hall–Kier alpha value is -2.34. The van der Waals surface area contributed by atoms with Gasteiger partial charge >= 0.3 is 0 Å². The summed E-state index contributed by atoms with van der Waals surface area (Å²) in [7, 11) is 0. The molecule has 2 aromatic rings. The number of hydrogen-bond acceptors (Lipinski definition) is 3. The highest BCUT2D eigenvalue weighted by Gasteiger charge is 2.18. The second-order valence-corrected chi connectivity index (χ2v) is 7.79. The van der Waals surface area contributed by atoms with Gasteiger partial charge in [0.1, 0.15) is 5.75 Å². The summed E-state index contributed by atoms with van der Waals surface area (Å²) in [6.07, 6.45) is 4.18. The van der Waals surface area contributed by atoms with Crippen LogP contribution in [0.2, 0.25) is 0 Å². The maximum atomic E-state index is 12.7. The van der Waals surface area contributed by atoms with E-state index in [9.17, 15) is 9.59 Å². The Bertz CT molecular complexity index is 830. The Morgan fingerprint density at radius 2 is 1.79 bits per heavy atom. The number of benzene rings is 2. The van der Waals surface area contributed by atoms with Gasteiger partial charge in [0.05, 0.1) is 12.2 Å². The van der Waals surface area contributed by atoms with E-state index in [1.807, 2.05) is 17.9 Å². The maximum absolute atomic E-state index is 12.7. The monoisotopic (exact) mass is 444 g/mol. The van der Waals surface area contributed by atoms with Crippen molar-refractivity contribution in [3.63, 3.8) is 0 Å². The minimum absolute atomic E-state index is 0.0554. The number of anilines is 1. The second-order valence-electron chi connectivity index (χ2n) is 6.87. The molecule has 0 aromatic heterocycles. The Labute approximate surface area is 174 Å². The van der Waals surface area contributed by atoms with Gasteiger partial charge in [0.25, 0.3) is 11.8 Å². The van der Waals surface area contributed by atoms with Crippen molar-refractivity contribution in [1.82, 2.24) is 4.90 Å². The summed E-state index contributed by atoms with van der Waals surface area (Å²) < 4.78 is 6.50. The van der Waals surface area contributed by atoms with Crippen LogP contribution < -0.4 is 10.1 Å². The van der Waals surface area contributed by atoms with E-state index in [2.05, 4.69) is 21.2 Å². The number of carbonyl (C=O) groups excluding carboxylic acids is 2. The molecule has 1 fully saturated rings. The van der Waals surface area contributed by atoms with Crippen molar-refractivity contribution in [2.45, 2.75) is 32.6 Å². The van der Waals surface area contributed by atoms with Crippen molar-refractivity contribution in [2.24, 2.45) is 0 Å². The first-order chi connectivity index (χ1) is 13.6. The Balaban J connectivity index is 1.69. The highest BCUT2D eigenvalue weighted by molar-refractivity contribution is 9.10. The van der Waals surface area contributed by atoms with Gasteiger partial charge in [-0.3, -0.25) is 9.59 Å². The molecule has 2 aromatic carbocycles. The number of amides is 2. The van der Waals surface area contributed by atoms with Crippen LogP contribution in [-0.4, -0.2) is 36.4 Å². The zero-order chi connectivity index (χ0) is 19.9. The van der Waals surface area contributed by atoms with Gasteiger partial charge in [-0.1, -0.05) is 22.9 Å². The zero-order valence-electron chi connectivity index (χ0n) is 16.0. The number of nitrogens with one attached hydrogen (secondary N) is 1. The molecule has 0 bridgehead atoms. The van der Waals surface area contributed by atoms with Crippen LogP contribution >= 0.6 is 15.9 Å². The third-order valence-corrected chi connectivity index (χ3v) is 5.17. The van der Waals surface area contributed by atoms with Crippen molar-refractivity contribution >= 4 is 33.4 Å². The summed E-state index contributed by atoms with van der Waals surface area (Å²) in [5, 5.41) is 2.88. The third kappa shape index (κ3) is 5.13. The largest absolute Gasteiger partial charge is 0.493 e. The quantitative estimate of drug-likeness (QED) is 0.672. The molecule has 5 nitrogen and oxygen atoms in total. The molecule has 0 aliphatic carbocycles. The number of halogens is 1. The summed E-state index contributed by atoms with van der Waals surface area (Å²) in [5.41, 5.74) is 1.76. The first-order valence-electron chi connectivity index (χ1n) is 9.71. The number of hydrogen-bond donors (Lipinski definition) is 1. The summed E-state index contributed by atoms with van der Waals surface area (Å²) in [6, 6.07) is 12.4. The first-order valence-corrected chi connectivity index (χ1v) is 10.5. The second kappa shape index (κ2) is 9.73. The smallest absolute Gasteiger partial charge is 0.259 e. The van der Waals surface area contributed by atoms with Crippen LogP contribution in [0.3, 0.4) is 0 Å². The fourth-order valence-corrected chi connectivity index (χ4v) is 3.55. The highest BCUT2D eigenvalue weighted by atomic mass is 79.9. The van der Waals surface area contributed by atoms with Crippen LogP contribution in [0.25, 0.3) is 0 Å². The maximum Gasteiger partial charge on any atom is 0.259 e. The van der Waals surface area contributed by atoms with Gasteiger partial charge in [-0.2, -0.15) is 0 Å².